The van der Waals surface area contributed by atoms with Crippen LogP contribution in [0.1, 0.15) is 54.6 Å². The van der Waals surface area contributed by atoms with Crippen LogP contribution in [0.25, 0.3) is 0 Å². The van der Waals surface area contributed by atoms with E-state index in [2.05, 4.69) is 13.8 Å². The molecule has 4 unspecified atom stereocenters. The van der Waals surface area contributed by atoms with Crippen molar-refractivity contribution in [3.05, 3.63) is 83.4 Å². The number of aliphatic hydroxyl groups excluding tert-OH is 4. The van der Waals surface area contributed by atoms with Gasteiger partial charge in [-0.1, -0.05) is 38.1 Å². The van der Waals surface area contributed by atoms with E-state index in [1.165, 1.54) is 0 Å². The molecule has 1 fully saturated rings. The number of phenolic OH excluding ortho intramolecular Hbond substituents is 2. The van der Waals surface area contributed by atoms with Crippen molar-refractivity contribution in [1.82, 2.24) is 0 Å². The summed E-state index contributed by atoms with van der Waals surface area (Å²) in [6.07, 6.45) is -2.96. The fourth-order valence-corrected chi connectivity index (χ4v) is 5.42. The number of phenols is 2. The molecule has 12 heteroatoms. The van der Waals surface area contributed by atoms with Crippen LogP contribution < -0.4 is 9.47 Å². The molecule has 0 heterocycles. The first-order valence-corrected chi connectivity index (χ1v) is 15.3. The molecule has 254 valence electrons. The van der Waals surface area contributed by atoms with Crippen LogP contribution in [0, 0.1) is 0 Å². The largest absolute Gasteiger partial charge is 0.508 e. The predicted molar refractivity (Wildman–Crippen MR) is 169 cm³/mol. The van der Waals surface area contributed by atoms with E-state index < -0.39 is 41.4 Å². The molecule has 0 amide bonds. The lowest BCUT2D eigenvalue weighted by Gasteiger charge is -2.37. The van der Waals surface area contributed by atoms with Crippen molar-refractivity contribution in [3.8, 4) is 23.0 Å². The second-order valence-corrected chi connectivity index (χ2v) is 12.4. The van der Waals surface area contributed by atoms with Crippen LogP contribution in [-0.2, 0) is 19.7 Å². The summed E-state index contributed by atoms with van der Waals surface area (Å²) in [5.41, 5.74) is 0.219. The molecule has 0 spiro atoms. The van der Waals surface area contributed by atoms with Crippen LogP contribution in [0.4, 0.5) is 0 Å². The van der Waals surface area contributed by atoms with Gasteiger partial charge in [0.2, 0.25) is 0 Å². The number of hydrogen-bond acceptors (Lipinski definition) is 12. The minimum atomic E-state index is -1.34. The number of aldehydes is 1. The first kappa shape index (κ1) is 35.7. The Morgan fingerprint density at radius 1 is 0.809 bits per heavy atom. The second-order valence-electron chi connectivity index (χ2n) is 12.4. The zero-order chi connectivity index (χ0) is 34.2. The lowest BCUT2D eigenvalue weighted by molar-refractivity contribution is -0.159. The highest BCUT2D eigenvalue weighted by Gasteiger charge is 2.41. The van der Waals surface area contributed by atoms with E-state index in [1.54, 1.807) is 24.3 Å². The molecule has 1 saturated carbocycles. The van der Waals surface area contributed by atoms with E-state index in [-0.39, 0.29) is 62.8 Å². The highest BCUT2D eigenvalue weighted by Crippen LogP contribution is 2.34. The molecule has 47 heavy (non-hydrogen) atoms. The van der Waals surface area contributed by atoms with Gasteiger partial charge in [0.05, 0.1) is 24.4 Å². The number of hydrogen-bond donors (Lipinski definition) is 6. The van der Waals surface area contributed by atoms with Gasteiger partial charge in [-0.05, 0) is 53.9 Å². The Kier molecular flexibility index (Phi) is 11.8. The number of carbonyl (C=O) groups is 2. The van der Waals surface area contributed by atoms with E-state index in [9.17, 15) is 40.2 Å². The maximum absolute atomic E-state index is 12.1. The Labute approximate surface area is 272 Å². The van der Waals surface area contributed by atoms with Crippen molar-refractivity contribution in [1.29, 1.82) is 0 Å². The topological polar surface area (TPSA) is 192 Å². The quantitative estimate of drug-likeness (QED) is 0.104. The highest BCUT2D eigenvalue weighted by molar-refractivity contribution is 5.90. The molecule has 3 aromatic carbocycles. The van der Waals surface area contributed by atoms with Gasteiger partial charge >= 0.3 is 5.97 Å². The summed E-state index contributed by atoms with van der Waals surface area (Å²) in [4.78, 5) is 23.8. The summed E-state index contributed by atoms with van der Waals surface area (Å²) in [6, 6.07) is 18.2. The third-order valence-electron chi connectivity index (χ3n) is 8.07. The fourth-order valence-electron chi connectivity index (χ4n) is 5.42. The summed E-state index contributed by atoms with van der Waals surface area (Å²) in [7, 11) is 0. The first-order valence-electron chi connectivity index (χ1n) is 15.3. The average molecular weight is 655 g/mol. The van der Waals surface area contributed by atoms with Crippen LogP contribution in [-0.4, -0.2) is 99.3 Å². The number of ether oxygens (including phenoxy) is 4. The van der Waals surface area contributed by atoms with Crippen molar-refractivity contribution < 1.29 is 59.2 Å². The standard InChI is InChI=1S/C35H42O12/c1-34(2,23-3-7-31(8-4-23)44-17-29(41)19-46-33(43)22-11-25(37)13-26(38)12-22)24-5-9-32(10-6-24)45-18-30(42)20-47-35(21-36)15-27(39)14-28(40)16-35/h3-13,21,27-30,37-42H,14-20H2,1-2H3. The molecule has 0 radical (unpaired) electrons. The molecule has 4 atom stereocenters. The van der Waals surface area contributed by atoms with Crippen LogP contribution in [0.3, 0.4) is 0 Å². The molecule has 3 aromatic rings. The third-order valence-corrected chi connectivity index (χ3v) is 8.07. The third kappa shape index (κ3) is 9.90. The zero-order valence-corrected chi connectivity index (χ0v) is 26.3. The van der Waals surface area contributed by atoms with Crippen LogP contribution in [0.5, 0.6) is 23.0 Å². The molecule has 0 aliphatic heterocycles. The molecule has 0 saturated heterocycles. The van der Waals surface area contributed by atoms with Gasteiger partial charge < -0.3 is 54.4 Å². The van der Waals surface area contributed by atoms with E-state index in [0.717, 1.165) is 29.3 Å². The van der Waals surface area contributed by atoms with Crippen molar-refractivity contribution in [2.24, 2.45) is 0 Å². The van der Waals surface area contributed by atoms with Gasteiger partial charge in [0.1, 0.15) is 60.6 Å². The van der Waals surface area contributed by atoms with Gasteiger partial charge in [0.15, 0.2) is 6.29 Å². The van der Waals surface area contributed by atoms with Crippen LogP contribution in [0.15, 0.2) is 66.7 Å². The molecule has 6 N–H and O–H groups in total. The monoisotopic (exact) mass is 654 g/mol. The maximum Gasteiger partial charge on any atom is 0.338 e. The summed E-state index contributed by atoms with van der Waals surface area (Å²) < 4.78 is 22.0. The summed E-state index contributed by atoms with van der Waals surface area (Å²) in [5, 5.41) is 59.4. The van der Waals surface area contributed by atoms with Gasteiger partial charge in [0, 0.05) is 24.3 Å². The summed E-state index contributed by atoms with van der Waals surface area (Å²) >= 11 is 0. The molecule has 0 aromatic heterocycles. The Bertz CT molecular complexity index is 1440. The molecule has 4 rings (SSSR count). The minimum absolute atomic E-state index is 0.0508. The molecular formula is C35H42O12. The van der Waals surface area contributed by atoms with Gasteiger partial charge in [-0.2, -0.15) is 0 Å². The normalized spacial score (nSPS) is 21.0. The smallest absolute Gasteiger partial charge is 0.338 e. The highest BCUT2D eigenvalue weighted by atomic mass is 16.6. The minimum Gasteiger partial charge on any atom is -0.508 e. The molecule has 1 aliphatic rings. The molecule has 0 bridgehead atoms. The van der Waals surface area contributed by atoms with E-state index in [1.807, 2.05) is 24.3 Å². The van der Waals surface area contributed by atoms with Crippen molar-refractivity contribution >= 4 is 12.3 Å². The lowest BCUT2D eigenvalue weighted by atomic mass is 9.78. The zero-order valence-electron chi connectivity index (χ0n) is 26.3. The molecular weight excluding hydrogens is 612 g/mol. The van der Waals surface area contributed by atoms with Gasteiger partial charge in [-0.15, -0.1) is 0 Å². The number of benzene rings is 3. The number of aliphatic hydroxyl groups is 4. The van der Waals surface area contributed by atoms with Gasteiger partial charge in [-0.25, -0.2) is 4.79 Å². The maximum atomic E-state index is 12.1. The predicted octanol–water partition coefficient (Wildman–Crippen LogP) is 2.62. The summed E-state index contributed by atoms with van der Waals surface area (Å²) in [6.45, 7) is 3.38. The number of esters is 1. The number of aromatic hydroxyl groups is 2. The molecule has 1 aliphatic carbocycles. The van der Waals surface area contributed by atoms with E-state index >= 15 is 0 Å². The fraction of sp³-hybridized carbons (Fsp3) is 0.429. The van der Waals surface area contributed by atoms with Crippen LogP contribution >= 0.6 is 0 Å². The second kappa shape index (κ2) is 15.6. The van der Waals surface area contributed by atoms with E-state index in [0.29, 0.717) is 17.8 Å². The van der Waals surface area contributed by atoms with Crippen molar-refractivity contribution in [3.63, 3.8) is 0 Å². The lowest BCUT2D eigenvalue weighted by Crippen LogP contribution is -2.48. The first-order chi connectivity index (χ1) is 22.3. The Balaban J connectivity index is 1.22. The number of carbonyl (C=O) groups excluding carboxylic acids is 2. The Morgan fingerprint density at radius 2 is 1.28 bits per heavy atom. The average Bonchev–Trinajstić information content (AvgIpc) is 3.03. The SMILES string of the molecule is CC(C)(c1ccc(OCC(O)COC(=O)c2cc(O)cc(O)c2)cc1)c1ccc(OCC(O)COC2(C=O)CC(O)CC(O)C2)cc1. The van der Waals surface area contributed by atoms with Crippen molar-refractivity contribution in [2.45, 2.75) is 68.5 Å². The van der Waals surface area contributed by atoms with E-state index in [4.69, 9.17) is 18.9 Å². The summed E-state index contributed by atoms with van der Waals surface area (Å²) in [5.74, 6) is -0.343. The van der Waals surface area contributed by atoms with Crippen LogP contribution in [0.2, 0.25) is 0 Å². The van der Waals surface area contributed by atoms with Gasteiger partial charge in [-0.3, -0.25) is 0 Å². The van der Waals surface area contributed by atoms with Crippen molar-refractivity contribution in [2.75, 3.05) is 26.4 Å². The number of rotatable bonds is 15. The van der Waals surface area contributed by atoms with Gasteiger partial charge in [0.25, 0.3) is 0 Å². The molecule has 12 nitrogen and oxygen atoms in total. The Hall–Kier alpha value is -4.20. The Morgan fingerprint density at radius 3 is 1.74 bits per heavy atom.